The molecule has 4 rings (SSSR count). The van der Waals surface area contributed by atoms with Gasteiger partial charge in [-0.2, -0.15) is 0 Å². The fourth-order valence-electron chi connectivity index (χ4n) is 4.28. The molecule has 0 aliphatic carbocycles. The SMILES string of the molecule is O=C(NCc1ccccc1CN1CCCC1=O)c1ccc([C@@H]2CCCNC2)cc1. The molecule has 0 radical (unpaired) electrons. The van der Waals surface area contributed by atoms with E-state index in [4.69, 9.17) is 0 Å². The summed E-state index contributed by atoms with van der Waals surface area (Å²) < 4.78 is 0. The first-order valence-corrected chi connectivity index (χ1v) is 10.6. The van der Waals surface area contributed by atoms with Crippen molar-refractivity contribution in [2.75, 3.05) is 19.6 Å². The average molecular weight is 392 g/mol. The number of amides is 2. The number of hydrogen-bond acceptors (Lipinski definition) is 3. The fourth-order valence-corrected chi connectivity index (χ4v) is 4.28. The lowest BCUT2D eigenvalue weighted by Gasteiger charge is -2.23. The van der Waals surface area contributed by atoms with Gasteiger partial charge in [0.1, 0.15) is 0 Å². The zero-order valence-corrected chi connectivity index (χ0v) is 16.8. The highest BCUT2D eigenvalue weighted by molar-refractivity contribution is 5.94. The normalized spacial score (nSPS) is 19.4. The predicted octanol–water partition coefficient (Wildman–Crippen LogP) is 3.21. The van der Waals surface area contributed by atoms with Crippen LogP contribution in [-0.4, -0.2) is 36.3 Å². The van der Waals surface area contributed by atoms with Crippen LogP contribution < -0.4 is 10.6 Å². The first-order chi connectivity index (χ1) is 14.2. The summed E-state index contributed by atoms with van der Waals surface area (Å²) in [5, 5.41) is 6.48. The lowest BCUT2D eigenvalue weighted by molar-refractivity contribution is -0.128. The Labute approximate surface area is 172 Å². The number of nitrogens with one attached hydrogen (secondary N) is 2. The molecule has 2 N–H and O–H groups in total. The molecule has 0 spiro atoms. The first kappa shape index (κ1) is 19.6. The van der Waals surface area contributed by atoms with Crippen LogP contribution in [0.1, 0.15) is 58.6 Å². The number of nitrogens with zero attached hydrogens (tertiary/aromatic N) is 1. The molecular weight excluding hydrogens is 362 g/mol. The second kappa shape index (κ2) is 9.23. The Morgan fingerprint density at radius 2 is 1.86 bits per heavy atom. The summed E-state index contributed by atoms with van der Waals surface area (Å²) in [7, 11) is 0. The molecule has 2 fully saturated rings. The second-order valence-corrected chi connectivity index (χ2v) is 8.04. The van der Waals surface area contributed by atoms with Crippen LogP contribution in [0.2, 0.25) is 0 Å². The Morgan fingerprint density at radius 1 is 1.07 bits per heavy atom. The number of benzene rings is 2. The Balaban J connectivity index is 1.36. The monoisotopic (exact) mass is 391 g/mol. The molecule has 2 heterocycles. The van der Waals surface area contributed by atoms with Gasteiger partial charge in [0.15, 0.2) is 0 Å². The molecule has 2 aromatic rings. The predicted molar refractivity (Wildman–Crippen MR) is 114 cm³/mol. The number of hydrogen-bond donors (Lipinski definition) is 2. The van der Waals surface area contributed by atoms with E-state index in [2.05, 4.69) is 22.8 Å². The van der Waals surface area contributed by atoms with Crippen LogP contribution in [0.25, 0.3) is 0 Å². The number of piperidine rings is 1. The highest BCUT2D eigenvalue weighted by Gasteiger charge is 2.21. The molecule has 2 saturated heterocycles. The average Bonchev–Trinajstić information content (AvgIpc) is 3.18. The van der Waals surface area contributed by atoms with Gasteiger partial charge in [0.25, 0.3) is 5.91 Å². The number of carbonyl (C=O) groups excluding carboxylic acids is 2. The summed E-state index contributed by atoms with van der Waals surface area (Å²) >= 11 is 0. The van der Waals surface area contributed by atoms with Crippen molar-refractivity contribution in [3.05, 3.63) is 70.8 Å². The van der Waals surface area contributed by atoms with E-state index in [1.807, 2.05) is 41.3 Å². The van der Waals surface area contributed by atoms with E-state index in [9.17, 15) is 9.59 Å². The van der Waals surface area contributed by atoms with Gasteiger partial charge in [-0.3, -0.25) is 9.59 Å². The Kier molecular flexibility index (Phi) is 6.25. The standard InChI is InChI=1S/C24H29N3O2/c28-23-8-4-14-27(23)17-22-6-2-1-5-21(22)16-26-24(29)19-11-9-18(10-12-19)20-7-3-13-25-15-20/h1-2,5-6,9-12,20,25H,3-4,7-8,13-17H2,(H,26,29)/t20-/m1/s1. The van der Waals surface area contributed by atoms with Gasteiger partial charge >= 0.3 is 0 Å². The van der Waals surface area contributed by atoms with E-state index in [0.717, 1.165) is 37.2 Å². The molecular formula is C24H29N3O2. The molecule has 2 aliphatic heterocycles. The molecule has 2 aliphatic rings. The lowest BCUT2D eigenvalue weighted by Crippen LogP contribution is -2.28. The zero-order valence-electron chi connectivity index (χ0n) is 16.8. The van der Waals surface area contributed by atoms with Crippen molar-refractivity contribution in [3.63, 3.8) is 0 Å². The van der Waals surface area contributed by atoms with Crippen LogP contribution in [0.15, 0.2) is 48.5 Å². The number of likely N-dealkylation sites (tertiary alicyclic amines) is 1. The summed E-state index contributed by atoms with van der Waals surface area (Å²) in [6.45, 7) is 4.02. The minimum Gasteiger partial charge on any atom is -0.348 e. The minimum atomic E-state index is -0.0645. The summed E-state index contributed by atoms with van der Waals surface area (Å²) in [4.78, 5) is 26.5. The molecule has 0 saturated carbocycles. The van der Waals surface area contributed by atoms with Crippen LogP contribution >= 0.6 is 0 Å². The third-order valence-corrected chi connectivity index (χ3v) is 6.03. The van der Waals surface area contributed by atoms with Crippen LogP contribution in [-0.2, 0) is 17.9 Å². The molecule has 5 nitrogen and oxygen atoms in total. The number of rotatable bonds is 6. The van der Waals surface area contributed by atoms with Gasteiger partial charge < -0.3 is 15.5 Å². The Morgan fingerprint density at radius 3 is 2.55 bits per heavy atom. The molecule has 0 unspecified atom stereocenters. The quantitative estimate of drug-likeness (QED) is 0.795. The summed E-state index contributed by atoms with van der Waals surface area (Å²) in [6, 6.07) is 16.0. The molecule has 0 aromatic heterocycles. The largest absolute Gasteiger partial charge is 0.348 e. The van der Waals surface area contributed by atoms with Crippen LogP contribution in [0, 0.1) is 0 Å². The molecule has 152 valence electrons. The van der Waals surface area contributed by atoms with Crippen molar-refractivity contribution >= 4 is 11.8 Å². The summed E-state index contributed by atoms with van der Waals surface area (Å²) in [5.74, 6) is 0.698. The van der Waals surface area contributed by atoms with E-state index in [0.29, 0.717) is 31.0 Å². The second-order valence-electron chi connectivity index (χ2n) is 8.04. The van der Waals surface area contributed by atoms with Crippen LogP contribution in [0.4, 0.5) is 0 Å². The third-order valence-electron chi connectivity index (χ3n) is 6.03. The van der Waals surface area contributed by atoms with E-state index < -0.39 is 0 Å². The van der Waals surface area contributed by atoms with Gasteiger partial charge in [-0.05, 0) is 60.5 Å². The van der Waals surface area contributed by atoms with Gasteiger partial charge in [0.05, 0.1) is 0 Å². The lowest BCUT2D eigenvalue weighted by atomic mass is 9.91. The van der Waals surface area contributed by atoms with Crippen LogP contribution in [0.3, 0.4) is 0 Å². The van der Waals surface area contributed by atoms with Crippen molar-refractivity contribution < 1.29 is 9.59 Å². The summed E-state index contributed by atoms with van der Waals surface area (Å²) in [6.07, 6.45) is 3.99. The van der Waals surface area contributed by atoms with E-state index in [1.54, 1.807) is 0 Å². The van der Waals surface area contributed by atoms with E-state index in [1.165, 1.54) is 18.4 Å². The van der Waals surface area contributed by atoms with Crippen molar-refractivity contribution in [1.82, 2.24) is 15.5 Å². The van der Waals surface area contributed by atoms with Gasteiger partial charge in [0, 0.05) is 38.2 Å². The third kappa shape index (κ3) is 4.85. The van der Waals surface area contributed by atoms with E-state index in [-0.39, 0.29) is 11.8 Å². The fraction of sp³-hybridized carbons (Fsp3) is 0.417. The molecule has 0 bridgehead atoms. The smallest absolute Gasteiger partial charge is 0.251 e. The minimum absolute atomic E-state index is 0.0645. The number of carbonyl (C=O) groups is 2. The van der Waals surface area contributed by atoms with Crippen molar-refractivity contribution in [1.29, 1.82) is 0 Å². The maximum atomic E-state index is 12.6. The molecule has 5 heteroatoms. The maximum Gasteiger partial charge on any atom is 0.251 e. The van der Waals surface area contributed by atoms with Crippen molar-refractivity contribution in [2.24, 2.45) is 0 Å². The summed E-state index contributed by atoms with van der Waals surface area (Å²) in [5.41, 5.74) is 4.15. The zero-order chi connectivity index (χ0) is 20.1. The highest BCUT2D eigenvalue weighted by atomic mass is 16.2. The van der Waals surface area contributed by atoms with E-state index >= 15 is 0 Å². The maximum absolute atomic E-state index is 12.6. The molecule has 2 amide bonds. The molecule has 1 atom stereocenters. The molecule has 2 aromatic carbocycles. The highest BCUT2D eigenvalue weighted by Crippen LogP contribution is 2.23. The molecule has 29 heavy (non-hydrogen) atoms. The first-order valence-electron chi connectivity index (χ1n) is 10.6. The van der Waals surface area contributed by atoms with Crippen molar-refractivity contribution in [3.8, 4) is 0 Å². The Bertz CT molecular complexity index is 857. The van der Waals surface area contributed by atoms with Crippen LogP contribution in [0.5, 0.6) is 0 Å². The van der Waals surface area contributed by atoms with Gasteiger partial charge in [0.2, 0.25) is 5.91 Å². The van der Waals surface area contributed by atoms with Crippen molar-refractivity contribution in [2.45, 2.75) is 44.7 Å². The van der Waals surface area contributed by atoms with Gasteiger partial charge in [-0.15, -0.1) is 0 Å². The van der Waals surface area contributed by atoms with Gasteiger partial charge in [-0.25, -0.2) is 0 Å². The topological polar surface area (TPSA) is 61.4 Å². The van der Waals surface area contributed by atoms with Gasteiger partial charge in [-0.1, -0.05) is 36.4 Å². The Hall–Kier alpha value is -2.66.